The second-order valence-electron chi connectivity index (χ2n) is 5.34. The smallest absolute Gasteiger partial charge is 0.269 e. The van der Waals surface area contributed by atoms with E-state index < -0.39 is 10.8 Å². The number of carbonyl (C=O) groups excluding carboxylic acids is 2. The minimum absolute atomic E-state index is 0.0863. The molecule has 0 aliphatic carbocycles. The molecule has 1 heterocycles. The number of nitro groups is 1. The van der Waals surface area contributed by atoms with E-state index in [1.165, 1.54) is 35.6 Å². The average molecular weight is 370 g/mol. The molecule has 0 saturated carbocycles. The van der Waals surface area contributed by atoms with Gasteiger partial charge < -0.3 is 10.6 Å². The number of nitrogens with zero attached hydrogens (tertiary/aromatic N) is 2. The summed E-state index contributed by atoms with van der Waals surface area (Å²) in [6.45, 7) is 0.145. The highest BCUT2D eigenvalue weighted by atomic mass is 32.1. The quantitative estimate of drug-likeness (QED) is 0.511. The fourth-order valence-electron chi connectivity index (χ4n) is 2.23. The van der Waals surface area contributed by atoms with Gasteiger partial charge in [-0.05, 0) is 24.3 Å². The number of hydrogen-bond donors (Lipinski definition) is 2. The lowest BCUT2D eigenvalue weighted by molar-refractivity contribution is -0.384. The fourth-order valence-corrected chi connectivity index (χ4v) is 3.12. The van der Waals surface area contributed by atoms with Gasteiger partial charge in [0.05, 0.1) is 15.1 Å². The molecule has 132 valence electrons. The van der Waals surface area contributed by atoms with Crippen LogP contribution in [-0.2, 0) is 4.79 Å². The molecule has 0 aliphatic rings. The number of rotatable bonds is 6. The Labute approximate surface area is 152 Å². The van der Waals surface area contributed by atoms with E-state index in [9.17, 15) is 19.7 Å². The van der Waals surface area contributed by atoms with Crippen LogP contribution >= 0.6 is 11.3 Å². The molecule has 3 rings (SSSR count). The van der Waals surface area contributed by atoms with E-state index in [1.54, 1.807) is 0 Å². The molecule has 1 aromatic heterocycles. The van der Waals surface area contributed by atoms with Crippen LogP contribution in [0.1, 0.15) is 16.8 Å². The zero-order chi connectivity index (χ0) is 18.5. The lowest BCUT2D eigenvalue weighted by Gasteiger charge is -2.05. The molecule has 3 aromatic rings. The summed E-state index contributed by atoms with van der Waals surface area (Å²) in [6.07, 6.45) is 0.0919. The van der Waals surface area contributed by atoms with E-state index in [-0.39, 0.29) is 24.6 Å². The predicted octanol–water partition coefficient (Wildman–Crippen LogP) is 2.96. The molecule has 0 unspecified atom stereocenters. The van der Waals surface area contributed by atoms with Gasteiger partial charge in [-0.3, -0.25) is 19.7 Å². The van der Waals surface area contributed by atoms with Gasteiger partial charge in [0.15, 0.2) is 5.13 Å². The number of non-ortho nitro benzene ring substituents is 1. The maximum Gasteiger partial charge on any atom is 0.269 e. The van der Waals surface area contributed by atoms with Crippen molar-refractivity contribution < 1.29 is 14.5 Å². The topological polar surface area (TPSA) is 114 Å². The summed E-state index contributed by atoms with van der Waals surface area (Å²) in [4.78, 5) is 38.3. The van der Waals surface area contributed by atoms with Gasteiger partial charge in [-0.15, -0.1) is 0 Å². The Bertz CT molecular complexity index is 935. The van der Waals surface area contributed by atoms with E-state index in [4.69, 9.17) is 0 Å². The summed E-state index contributed by atoms with van der Waals surface area (Å²) >= 11 is 1.38. The van der Waals surface area contributed by atoms with Crippen LogP contribution in [0.5, 0.6) is 0 Å². The number of para-hydroxylation sites is 1. The second kappa shape index (κ2) is 7.70. The average Bonchev–Trinajstić information content (AvgIpc) is 3.03. The van der Waals surface area contributed by atoms with Gasteiger partial charge in [-0.1, -0.05) is 23.5 Å². The lowest BCUT2D eigenvalue weighted by Crippen LogP contribution is -2.27. The van der Waals surface area contributed by atoms with Crippen LogP contribution in [-0.4, -0.2) is 28.3 Å². The molecule has 9 heteroatoms. The molecule has 0 aliphatic heterocycles. The molecule has 0 atom stereocenters. The highest BCUT2D eigenvalue weighted by Crippen LogP contribution is 2.25. The van der Waals surface area contributed by atoms with Crippen molar-refractivity contribution in [2.75, 3.05) is 11.9 Å². The van der Waals surface area contributed by atoms with Crippen LogP contribution in [0.25, 0.3) is 10.2 Å². The van der Waals surface area contributed by atoms with Crippen molar-refractivity contribution in [2.24, 2.45) is 0 Å². The molecule has 0 saturated heterocycles. The highest BCUT2D eigenvalue weighted by molar-refractivity contribution is 7.22. The number of thiazole rings is 1. The Kier molecular flexibility index (Phi) is 5.18. The van der Waals surface area contributed by atoms with Gasteiger partial charge in [0, 0.05) is 30.7 Å². The third-order valence-corrected chi connectivity index (χ3v) is 4.47. The molecule has 2 amide bonds. The highest BCUT2D eigenvalue weighted by Gasteiger charge is 2.11. The summed E-state index contributed by atoms with van der Waals surface area (Å²) in [5.74, 6) is -0.652. The van der Waals surface area contributed by atoms with Crippen molar-refractivity contribution in [2.45, 2.75) is 6.42 Å². The van der Waals surface area contributed by atoms with E-state index in [0.717, 1.165) is 10.2 Å². The van der Waals surface area contributed by atoms with Crippen molar-refractivity contribution in [3.63, 3.8) is 0 Å². The molecule has 2 aromatic carbocycles. The maximum atomic E-state index is 12.0. The Balaban J connectivity index is 1.48. The van der Waals surface area contributed by atoms with E-state index in [1.807, 2.05) is 24.3 Å². The summed E-state index contributed by atoms with van der Waals surface area (Å²) in [6, 6.07) is 12.8. The van der Waals surface area contributed by atoms with Crippen LogP contribution in [0.3, 0.4) is 0 Å². The number of hydrogen-bond acceptors (Lipinski definition) is 6. The Morgan fingerprint density at radius 3 is 2.54 bits per heavy atom. The number of nitrogens with one attached hydrogen (secondary N) is 2. The van der Waals surface area contributed by atoms with Crippen LogP contribution < -0.4 is 10.6 Å². The van der Waals surface area contributed by atoms with Gasteiger partial charge in [-0.2, -0.15) is 0 Å². The first-order valence-electron chi connectivity index (χ1n) is 7.71. The molecule has 8 nitrogen and oxygen atoms in total. The van der Waals surface area contributed by atoms with Crippen LogP contribution in [0.4, 0.5) is 10.8 Å². The van der Waals surface area contributed by atoms with E-state index in [2.05, 4.69) is 15.6 Å². The van der Waals surface area contributed by atoms with Gasteiger partial charge in [0.2, 0.25) is 5.91 Å². The zero-order valence-electron chi connectivity index (χ0n) is 13.5. The lowest BCUT2D eigenvalue weighted by atomic mass is 10.2. The van der Waals surface area contributed by atoms with Crippen molar-refractivity contribution >= 4 is 44.2 Å². The summed E-state index contributed by atoms with van der Waals surface area (Å²) in [7, 11) is 0. The van der Waals surface area contributed by atoms with Crippen molar-refractivity contribution in [1.82, 2.24) is 10.3 Å². The SMILES string of the molecule is O=C(CCNC(=O)c1ccc([N+](=O)[O-])cc1)Nc1nc2ccccc2s1. The molecule has 0 radical (unpaired) electrons. The number of amides is 2. The van der Waals surface area contributed by atoms with Gasteiger partial charge in [-0.25, -0.2) is 4.98 Å². The van der Waals surface area contributed by atoms with Crippen LogP contribution in [0, 0.1) is 10.1 Å². The second-order valence-corrected chi connectivity index (χ2v) is 6.38. The Morgan fingerprint density at radius 2 is 1.85 bits per heavy atom. The largest absolute Gasteiger partial charge is 0.352 e. The zero-order valence-corrected chi connectivity index (χ0v) is 14.3. The summed E-state index contributed by atoms with van der Waals surface area (Å²) in [5, 5.41) is 16.4. The Hall–Kier alpha value is -3.33. The van der Waals surface area contributed by atoms with Crippen molar-refractivity contribution in [3.8, 4) is 0 Å². The monoisotopic (exact) mass is 370 g/mol. The first-order chi connectivity index (χ1) is 12.5. The van der Waals surface area contributed by atoms with Crippen LogP contribution in [0.15, 0.2) is 48.5 Å². The van der Waals surface area contributed by atoms with Crippen LogP contribution in [0.2, 0.25) is 0 Å². The molecule has 0 bridgehead atoms. The first-order valence-corrected chi connectivity index (χ1v) is 8.52. The number of anilines is 1. The predicted molar refractivity (Wildman–Crippen MR) is 98.3 cm³/mol. The number of aromatic nitrogens is 1. The molecule has 2 N–H and O–H groups in total. The van der Waals surface area contributed by atoms with E-state index in [0.29, 0.717) is 10.7 Å². The van der Waals surface area contributed by atoms with Crippen molar-refractivity contribution in [1.29, 1.82) is 0 Å². The molecular formula is C17H14N4O4S. The third-order valence-electron chi connectivity index (χ3n) is 3.52. The first kappa shape index (κ1) is 17.5. The minimum Gasteiger partial charge on any atom is -0.352 e. The van der Waals surface area contributed by atoms with Crippen molar-refractivity contribution in [3.05, 3.63) is 64.2 Å². The summed E-state index contributed by atoms with van der Waals surface area (Å²) in [5.41, 5.74) is 1.03. The normalized spacial score (nSPS) is 10.5. The van der Waals surface area contributed by atoms with Gasteiger partial charge in [0.1, 0.15) is 0 Å². The van der Waals surface area contributed by atoms with Gasteiger partial charge in [0.25, 0.3) is 11.6 Å². The van der Waals surface area contributed by atoms with E-state index >= 15 is 0 Å². The van der Waals surface area contributed by atoms with Gasteiger partial charge >= 0.3 is 0 Å². The molecule has 26 heavy (non-hydrogen) atoms. The number of nitro benzene ring substituents is 1. The number of fused-ring (bicyclic) bond motifs is 1. The molecule has 0 fully saturated rings. The summed E-state index contributed by atoms with van der Waals surface area (Å²) < 4.78 is 0.981. The standard InChI is InChI=1S/C17H14N4O4S/c22-15(20-17-19-13-3-1-2-4-14(13)26-17)9-10-18-16(23)11-5-7-12(8-6-11)21(24)25/h1-8H,9-10H2,(H,18,23)(H,19,20,22). The maximum absolute atomic E-state index is 12.0. The number of benzene rings is 2. The fraction of sp³-hybridized carbons (Fsp3) is 0.118. The number of carbonyl (C=O) groups is 2. The third kappa shape index (κ3) is 4.19. The Morgan fingerprint density at radius 1 is 1.12 bits per heavy atom. The minimum atomic E-state index is -0.534. The molecule has 0 spiro atoms. The molecular weight excluding hydrogens is 356 g/mol.